The molecular weight excluding hydrogens is 278 g/mol. The van der Waals surface area contributed by atoms with E-state index in [1.807, 2.05) is 19.1 Å². The van der Waals surface area contributed by atoms with Gasteiger partial charge in [0, 0.05) is 13.2 Å². The van der Waals surface area contributed by atoms with Crippen LogP contribution in [0.25, 0.3) is 0 Å². The summed E-state index contributed by atoms with van der Waals surface area (Å²) >= 11 is 6.25. The maximum atomic E-state index is 6.25. The zero-order valence-electron chi connectivity index (χ0n) is 12.7. The summed E-state index contributed by atoms with van der Waals surface area (Å²) in [6.07, 6.45) is 0. The molecule has 1 N–H and O–H groups in total. The van der Waals surface area contributed by atoms with Gasteiger partial charge in [0.25, 0.3) is 0 Å². The molecular formula is C15H24ClNO3. The van der Waals surface area contributed by atoms with E-state index in [2.05, 4.69) is 19.2 Å². The Bertz CT molecular complexity index is 410. The first kappa shape index (κ1) is 17.1. The number of rotatable bonds is 9. The van der Waals surface area contributed by atoms with Crippen LogP contribution in [-0.2, 0) is 11.3 Å². The maximum absolute atomic E-state index is 6.25. The minimum Gasteiger partial charge on any atom is -0.493 e. The highest BCUT2D eigenvalue weighted by atomic mass is 35.5. The second-order valence-electron chi connectivity index (χ2n) is 4.89. The largest absolute Gasteiger partial charge is 0.493 e. The van der Waals surface area contributed by atoms with Crippen LogP contribution in [0, 0.1) is 5.92 Å². The molecule has 0 radical (unpaired) electrons. The van der Waals surface area contributed by atoms with Crippen LogP contribution in [0.1, 0.15) is 26.3 Å². The molecule has 20 heavy (non-hydrogen) atoms. The molecule has 1 rings (SSSR count). The molecule has 0 aliphatic heterocycles. The lowest BCUT2D eigenvalue weighted by Gasteiger charge is -2.14. The second kappa shape index (κ2) is 9.06. The molecule has 0 aliphatic rings. The van der Waals surface area contributed by atoms with E-state index in [0.29, 0.717) is 29.0 Å². The van der Waals surface area contributed by atoms with Crippen molar-refractivity contribution in [2.75, 3.05) is 27.1 Å². The first-order valence-electron chi connectivity index (χ1n) is 6.86. The van der Waals surface area contributed by atoms with Crippen LogP contribution in [0.2, 0.25) is 5.02 Å². The van der Waals surface area contributed by atoms with Crippen LogP contribution in [0.4, 0.5) is 0 Å². The van der Waals surface area contributed by atoms with Gasteiger partial charge in [-0.25, -0.2) is 0 Å². The number of hydrogen-bond acceptors (Lipinski definition) is 4. The van der Waals surface area contributed by atoms with E-state index < -0.39 is 0 Å². The van der Waals surface area contributed by atoms with Crippen molar-refractivity contribution in [3.63, 3.8) is 0 Å². The molecule has 0 aliphatic carbocycles. The van der Waals surface area contributed by atoms with E-state index in [9.17, 15) is 0 Å². The van der Waals surface area contributed by atoms with Gasteiger partial charge in [0.1, 0.15) is 0 Å². The minimum atomic E-state index is 0.164. The number of ether oxygens (including phenoxy) is 3. The van der Waals surface area contributed by atoms with Gasteiger partial charge in [0.15, 0.2) is 18.3 Å². The molecule has 0 unspecified atom stereocenters. The van der Waals surface area contributed by atoms with Gasteiger partial charge in [-0.1, -0.05) is 25.4 Å². The van der Waals surface area contributed by atoms with Crippen molar-refractivity contribution < 1.29 is 14.2 Å². The Hall–Kier alpha value is -0.970. The Labute approximate surface area is 126 Å². The number of benzene rings is 1. The standard InChI is InChI=1S/C15H24ClNO3/c1-5-19-10-20-15-13(16)6-12(7-14(15)18-4)9-17-8-11(2)3/h6-7,11,17H,5,8-10H2,1-4H3. The van der Waals surface area contributed by atoms with Crippen molar-refractivity contribution in [3.05, 3.63) is 22.7 Å². The van der Waals surface area contributed by atoms with Gasteiger partial charge in [-0.15, -0.1) is 0 Å². The Morgan fingerprint density at radius 2 is 2.05 bits per heavy atom. The predicted octanol–water partition coefficient (Wildman–Crippen LogP) is 3.47. The van der Waals surface area contributed by atoms with Crippen LogP contribution in [-0.4, -0.2) is 27.1 Å². The van der Waals surface area contributed by atoms with E-state index in [1.165, 1.54) is 0 Å². The normalized spacial score (nSPS) is 10.9. The Balaban J connectivity index is 2.73. The third-order valence-electron chi connectivity index (χ3n) is 2.66. The van der Waals surface area contributed by atoms with Gasteiger partial charge in [-0.2, -0.15) is 0 Å². The van der Waals surface area contributed by atoms with Crippen molar-refractivity contribution in [3.8, 4) is 11.5 Å². The van der Waals surface area contributed by atoms with Gasteiger partial charge >= 0.3 is 0 Å². The molecule has 0 amide bonds. The summed E-state index contributed by atoms with van der Waals surface area (Å²) < 4.78 is 16.0. The van der Waals surface area contributed by atoms with Gasteiger partial charge in [0.05, 0.1) is 12.1 Å². The highest BCUT2D eigenvalue weighted by Crippen LogP contribution is 2.36. The molecule has 0 heterocycles. The summed E-state index contributed by atoms with van der Waals surface area (Å²) in [5, 5.41) is 3.90. The maximum Gasteiger partial charge on any atom is 0.189 e. The van der Waals surface area contributed by atoms with Gasteiger partial charge < -0.3 is 19.5 Å². The lowest BCUT2D eigenvalue weighted by atomic mass is 10.1. The monoisotopic (exact) mass is 301 g/mol. The van der Waals surface area contributed by atoms with Crippen molar-refractivity contribution in [1.82, 2.24) is 5.32 Å². The number of methoxy groups -OCH3 is 1. The van der Waals surface area contributed by atoms with E-state index in [-0.39, 0.29) is 6.79 Å². The SMILES string of the molecule is CCOCOc1c(Cl)cc(CNCC(C)C)cc1OC. The van der Waals surface area contributed by atoms with Crippen LogP contribution < -0.4 is 14.8 Å². The number of halogens is 1. The molecule has 0 saturated heterocycles. The smallest absolute Gasteiger partial charge is 0.189 e. The molecule has 114 valence electrons. The Morgan fingerprint density at radius 1 is 1.30 bits per heavy atom. The molecule has 4 nitrogen and oxygen atoms in total. The molecule has 1 aromatic rings. The van der Waals surface area contributed by atoms with Crippen LogP contribution in [0.5, 0.6) is 11.5 Å². The van der Waals surface area contributed by atoms with E-state index in [4.69, 9.17) is 25.8 Å². The highest BCUT2D eigenvalue weighted by molar-refractivity contribution is 6.32. The van der Waals surface area contributed by atoms with Crippen molar-refractivity contribution in [2.45, 2.75) is 27.3 Å². The Morgan fingerprint density at radius 3 is 2.65 bits per heavy atom. The van der Waals surface area contributed by atoms with E-state index in [1.54, 1.807) is 7.11 Å². The van der Waals surface area contributed by atoms with Gasteiger partial charge in [-0.05, 0) is 37.1 Å². The molecule has 0 aromatic heterocycles. The quantitative estimate of drug-likeness (QED) is 0.560. The van der Waals surface area contributed by atoms with Crippen LogP contribution >= 0.6 is 11.6 Å². The molecule has 0 atom stereocenters. The fourth-order valence-corrected chi connectivity index (χ4v) is 1.99. The van der Waals surface area contributed by atoms with E-state index in [0.717, 1.165) is 18.7 Å². The third kappa shape index (κ3) is 5.57. The van der Waals surface area contributed by atoms with Crippen LogP contribution in [0.15, 0.2) is 12.1 Å². The summed E-state index contributed by atoms with van der Waals surface area (Å²) in [5.41, 5.74) is 1.07. The minimum absolute atomic E-state index is 0.164. The highest BCUT2D eigenvalue weighted by Gasteiger charge is 2.12. The summed E-state index contributed by atoms with van der Waals surface area (Å²) in [6.45, 7) is 8.72. The average molecular weight is 302 g/mol. The molecule has 0 bridgehead atoms. The second-order valence-corrected chi connectivity index (χ2v) is 5.30. The molecule has 0 saturated carbocycles. The van der Waals surface area contributed by atoms with Crippen molar-refractivity contribution in [2.24, 2.45) is 5.92 Å². The zero-order chi connectivity index (χ0) is 15.0. The summed E-state index contributed by atoms with van der Waals surface area (Å²) in [4.78, 5) is 0. The zero-order valence-corrected chi connectivity index (χ0v) is 13.4. The Kier molecular flexibility index (Phi) is 7.73. The fraction of sp³-hybridized carbons (Fsp3) is 0.600. The predicted molar refractivity (Wildman–Crippen MR) is 81.7 cm³/mol. The molecule has 0 fully saturated rings. The van der Waals surface area contributed by atoms with Crippen LogP contribution in [0.3, 0.4) is 0 Å². The lowest BCUT2D eigenvalue weighted by molar-refractivity contribution is 0.0209. The first-order valence-corrected chi connectivity index (χ1v) is 7.23. The summed E-state index contributed by atoms with van der Waals surface area (Å²) in [6, 6.07) is 3.82. The number of hydrogen-bond donors (Lipinski definition) is 1. The lowest BCUT2D eigenvalue weighted by Crippen LogP contribution is -2.19. The average Bonchev–Trinajstić information content (AvgIpc) is 2.40. The molecule has 1 aromatic carbocycles. The topological polar surface area (TPSA) is 39.7 Å². The molecule has 5 heteroatoms. The third-order valence-corrected chi connectivity index (χ3v) is 2.94. The van der Waals surface area contributed by atoms with E-state index >= 15 is 0 Å². The van der Waals surface area contributed by atoms with Crippen molar-refractivity contribution >= 4 is 11.6 Å². The van der Waals surface area contributed by atoms with Gasteiger partial charge in [-0.3, -0.25) is 0 Å². The summed E-state index contributed by atoms with van der Waals surface area (Å²) in [5.74, 6) is 1.76. The number of nitrogens with one attached hydrogen (secondary N) is 1. The van der Waals surface area contributed by atoms with Crippen molar-refractivity contribution in [1.29, 1.82) is 0 Å². The fourth-order valence-electron chi connectivity index (χ4n) is 1.70. The molecule has 0 spiro atoms. The van der Waals surface area contributed by atoms with Gasteiger partial charge in [0.2, 0.25) is 0 Å². The first-order chi connectivity index (χ1) is 9.58. The summed E-state index contributed by atoms with van der Waals surface area (Å²) in [7, 11) is 1.60.